The molecule has 1 saturated heterocycles. The van der Waals surface area contributed by atoms with E-state index in [9.17, 15) is 9.59 Å². The molecule has 5 rings (SSSR count). The van der Waals surface area contributed by atoms with Gasteiger partial charge in [-0.3, -0.25) is 9.80 Å². The molecule has 34 heavy (non-hydrogen) atoms. The Morgan fingerprint density at radius 1 is 1.12 bits per heavy atom. The summed E-state index contributed by atoms with van der Waals surface area (Å²) in [6.07, 6.45) is 0.549. The smallest absolute Gasteiger partial charge is 0.340 e. The van der Waals surface area contributed by atoms with Gasteiger partial charge >= 0.3 is 12.0 Å². The first-order chi connectivity index (χ1) is 16.4. The van der Waals surface area contributed by atoms with E-state index in [4.69, 9.17) is 37.7 Å². The van der Waals surface area contributed by atoms with Gasteiger partial charge in [-0.2, -0.15) is 0 Å². The fourth-order valence-corrected chi connectivity index (χ4v) is 4.41. The average molecular weight is 502 g/mol. The topological polar surface area (TPSA) is 86.7 Å². The highest BCUT2D eigenvalue weighted by Crippen LogP contribution is 2.37. The van der Waals surface area contributed by atoms with Gasteiger partial charge in [0.1, 0.15) is 5.70 Å². The van der Waals surface area contributed by atoms with Crippen molar-refractivity contribution in [1.82, 2.24) is 15.4 Å². The number of esters is 1. The molecule has 1 atom stereocenters. The van der Waals surface area contributed by atoms with Crippen LogP contribution in [0.25, 0.3) is 0 Å². The van der Waals surface area contributed by atoms with E-state index >= 15 is 0 Å². The van der Waals surface area contributed by atoms with Gasteiger partial charge in [-0.15, -0.1) is 5.53 Å². The molecule has 3 aliphatic rings. The number of nitrogens with zero attached hydrogens (tertiary/aromatic N) is 4. The Labute approximate surface area is 206 Å². The van der Waals surface area contributed by atoms with Gasteiger partial charge in [0.2, 0.25) is 6.23 Å². The number of hydrogen-bond acceptors (Lipinski definition) is 7. The Morgan fingerprint density at radius 3 is 2.62 bits per heavy atom. The number of hydrogen-bond donors (Lipinski definition) is 1. The van der Waals surface area contributed by atoms with E-state index < -0.39 is 12.2 Å². The number of carbonyl (C=O) groups is 2. The summed E-state index contributed by atoms with van der Waals surface area (Å²) in [7, 11) is 0. The minimum atomic E-state index is -1.04. The molecule has 1 unspecified atom stereocenters. The molecule has 3 heterocycles. The fourth-order valence-electron chi connectivity index (χ4n) is 4.01. The van der Waals surface area contributed by atoms with Crippen LogP contribution in [0.15, 0.2) is 59.4 Å². The lowest BCUT2D eigenvalue weighted by Crippen LogP contribution is -2.52. The number of rotatable bonds is 2. The Balaban J connectivity index is 1.63. The largest absolute Gasteiger partial charge is 0.434 e. The number of morpholine rings is 1. The lowest BCUT2D eigenvalue weighted by atomic mass is 10.0. The highest BCUT2D eigenvalue weighted by atomic mass is 35.5. The van der Waals surface area contributed by atoms with Gasteiger partial charge in [-0.25, -0.2) is 14.8 Å². The first kappa shape index (κ1) is 22.7. The van der Waals surface area contributed by atoms with Crippen LogP contribution in [-0.4, -0.2) is 60.2 Å². The van der Waals surface area contributed by atoms with Crippen molar-refractivity contribution in [3.8, 4) is 0 Å². The molecule has 0 bridgehead atoms. The number of ether oxygens (including phenoxy) is 2. The second kappa shape index (κ2) is 9.27. The van der Waals surface area contributed by atoms with Gasteiger partial charge in [-0.1, -0.05) is 41.4 Å². The SMILES string of the molecule is CC(=O)OC1N=C(c2ccccc2Cl)c2cc(Cl)ccc2N2NN(C(=O)N3CCOCC3)C=C12. The molecule has 2 aromatic rings. The average Bonchev–Trinajstić information content (AvgIpc) is 3.23. The summed E-state index contributed by atoms with van der Waals surface area (Å²) in [6.45, 7) is 3.22. The van der Waals surface area contributed by atoms with Crippen molar-refractivity contribution in [2.24, 2.45) is 4.99 Å². The van der Waals surface area contributed by atoms with Crippen LogP contribution in [0.2, 0.25) is 10.0 Å². The first-order valence-electron chi connectivity index (χ1n) is 10.7. The van der Waals surface area contributed by atoms with Crippen LogP contribution in [0.5, 0.6) is 0 Å². The zero-order chi connectivity index (χ0) is 23.8. The molecule has 3 aliphatic heterocycles. The van der Waals surface area contributed by atoms with Crippen LogP contribution in [0.3, 0.4) is 0 Å². The minimum Gasteiger partial charge on any atom is -0.434 e. The van der Waals surface area contributed by atoms with E-state index in [0.717, 1.165) is 0 Å². The maximum atomic E-state index is 13.1. The van der Waals surface area contributed by atoms with Crippen LogP contribution < -0.4 is 10.5 Å². The third-order valence-corrected chi connectivity index (χ3v) is 6.14. The van der Waals surface area contributed by atoms with Crippen LogP contribution in [0, 0.1) is 0 Å². The Hall–Kier alpha value is -3.11. The van der Waals surface area contributed by atoms with Crippen molar-refractivity contribution in [2.75, 3.05) is 31.3 Å². The highest BCUT2D eigenvalue weighted by Gasteiger charge is 2.39. The second-order valence-corrected chi connectivity index (χ2v) is 8.67. The van der Waals surface area contributed by atoms with Crippen LogP contribution in [-0.2, 0) is 14.3 Å². The predicted octanol–water partition coefficient (Wildman–Crippen LogP) is 3.57. The maximum Gasteiger partial charge on any atom is 0.340 e. The van der Waals surface area contributed by atoms with Crippen molar-refractivity contribution in [2.45, 2.75) is 13.2 Å². The quantitative estimate of drug-likeness (QED) is 0.633. The van der Waals surface area contributed by atoms with Crippen LogP contribution in [0.1, 0.15) is 18.1 Å². The number of carbonyl (C=O) groups excluding carboxylic acids is 2. The number of anilines is 1. The van der Waals surface area contributed by atoms with Crippen LogP contribution in [0.4, 0.5) is 10.5 Å². The third kappa shape index (κ3) is 4.23. The molecule has 2 aromatic carbocycles. The first-order valence-corrected chi connectivity index (χ1v) is 11.4. The molecule has 0 spiro atoms. The summed E-state index contributed by atoms with van der Waals surface area (Å²) in [5.41, 5.74) is 6.06. The summed E-state index contributed by atoms with van der Waals surface area (Å²) in [5.74, 6) is -0.518. The molecule has 9 nitrogen and oxygen atoms in total. The van der Waals surface area contributed by atoms with E-state index in [1.165, 1.54) is 11.9 Å². The monoisotopic (exact) mass is 501 g/mol. The lowest BCUT2D eigenvalue weighted by molar-refractivity contribution is -0.144. The standard InChI is InChI=1S/C23H21Cl2N5O4/c1-14(31)34-22-20-13-29(23(32)28-8-10-33-11-9-28)27-30(20)19-7-6-15(24)12-17(19)21(26-22)16-4-2-3-5-18(16)25/h2-7,12-13,22,27H,8-11H2,1H3. The number of nitrogens with one attached hydrogen (secondary N) is 1. The van der Waals surface area contributed by atoms with Crippen molar-refractivity contribution in [1.29, 1.82) is 0 Å². The Kier molecular flexibility index (Phi) is 6.18. The molecule has 176 valence electrons. The number of amides is 2. The number of hydrazine groups is 2. The zero-order valence-electron chi connectivity index (χ0n) is 18.2. The fraction of sp³-hybridized carbons (Fsp3) is 0.261. The molecular weight excluding hydrogens is 481 g/mol. The third-order valence-electron chi connectivity index (χ3n) is 5.58. The molecule has 0 aromatic heterocycles. The maximum absolute atomic E-state index is 13.1. The van der Waals surface area contributed by atoms with Crippen molar-refractivity contribution in [3.05, 3.63) is 75.5 Å². The number of fused-ring (bicyclic) bond motifs is 3. The van der Waals surface area contributed by atoms with E-state index in [-0.39, 0.29) is 6.03 Å². The predicted molar refractivity (Wildman–Crippen MR) is 127 cm³/mol. The zero-order valence-corrected chi connectivity index (χ0v) is 19.7. The van der Waals surface area contributed by atoms with Gasteiger partial charge in [0.15, 0.2) is 0 Å². The van der Waals surface area contributed by atoms with Crippen molar-refractivity contribution < 1.29 is 19.1 Å². The van der Waals surface area contributed by atoms with Crippen molar-refractivity contribution >= 4 is 46.6 Å². The van der Waals surface area contributed by atoms with E-state index in [0.29, 0.717) is 64.6 Å². The molecule has 0 aliphatic carbocycles. The van der Waals surface area contributed by atoms with E-state index in [1.807, 2.05) is 24.3 Å². The van der Waals surface area contributed by atoms with Gasteiger partial charge in [0, 0.05) is 41.2 Å². The Morgan fingerprint density at radius 2 is 1.88 bits per heavy atom. The molecule has 0 saturated carbocycles. The van der Waals surface area contributed by atoms with Gasteiger partial charge in [0.05, 0.1) is 30.8 Å². The molecule has 1 N–H and O–H groups in total. The Bertz CT molecular complexity index is 1210. The van der Waals surface area contributed by atoms with Gasteiger partial charge in [-0.05, 0) is 24.3 Å². The number of aliphatic imine (C=N–C) groups is 1. The normalized spacial score (nSPS) is 19.6. The molecule has 0 radical (unpaired) electrons. The van der Waals surface area contributed by atoms with Crippen LogP contribution >= 0.6 is 23.2 Å². The summed E-state index contributed by atoms with van der Waals surface area (Å²) in [4.78, 5) is 31.6. The lowest BCUT2D eigenvalue weighted by Gasteiger charge is -2.31. The van der Waals surface area contributed by atoms with Gasteiger partial charge < -0.3 is 14.4 Å². The van der Waals surface area contributed by atoms with E-state index in [2.05, 4.69) is 5.53 Å². The number of benzene rings is 2. The van der Waals surface area contributed by atoms with E-state index in [1.54, 1.807) is 34.3 Å². The summed E-state index contributed by atoms with van der Waals surface area (Å²) >= 11 is 12.9. The second-order valence-electron chi connectivity index (χ2n) is 7.82. The number of urea groups is 1. The summed E-state index contributed by atoms with van der Waals surface area (Å²) in [5, 5.41) is 4.01. The highest BCUT2D eigenvalue weighted by molar-refractivity contribution is 6.36. The molecule has 2 amide bonds. The molecule has 11 heteroatoms. The summed E-state index contributed by atoms with van der Waals surface area (Å²) < 4.78 is 10.9. The van der Waals surface area contributed by atoms with Gasteiger partial charge in [0.25, 0.3) is 0 Å². The minimum absolute atomic E-state index is 0.253. The molecule has 1 fully saturated rings. The molecular formula is C23H21Cl2N5O4. The summed E-state index contributed by atoms with van der Waals surface area (Å²) in [6, 6.07) is 12.3. The number of halogens is 2. The van der Waals surface area contributed by atoms with Crippen molar-refractivity contribution in [3.63, 3.8) is 0 Å².